The summed E-state index contributed by atoms with van der Waals surface area (Å²) < 4.78 is 10.6. The molecule has 0 aromatic carbocycles. The number of amidine groups is 1. The average Bonchev–Trinajstić information content (AvgIpc) is 2.52. The zero-order valence-electron chi connectivity index (χ0n) is 6.26. The largest absolute Gasteiger partial charge is 0.304 e. The predicted molar refractivity (Wildman–Crippen MR) is 46.0 cm³/mol. The van der Waals surface area contributed by atoms with E-state index >= 15 is 0 Å². The lowest BCUT2D eigenvalue weighted by molar-refractivity contribution is -0.115. The Kier molecular flexibility index (Phi) is 1.58. The molecule has 2 aliphatic heterocycles. The fourth-order valence-electron chi connectivity index (χ4n) is 0.961. The molecule has 0 aromatic heterocycles. The van der Waals surface area contributed by atoms with Gasteiger partial charge in [0.2, 0.25) is 8.46 Å². The maximum atomic E-state index is 11.2. The third-order valence-corrected chi connectivity index (χ3v) is 2.00. The number of hydrogen-bond acceptors (Lipinski definition) is 6. The van der Waals surface area contributed by atoms with Crippen molar-refractivity contribution >= 4 is 32.3 Å². The lowest BCUT2D eigenvalue weighted by atomic mass is 10.3. The van der Waals surface area contributed by atoms with Gasteiger partial charge in [-0.1, -0.05) is 0 Å². The van der Waals surface area contributed by atoms with E-state index in [1.807, 2.05) is 0 Å². The predicted octanol–water partition coefficient (Wildman–Crippen LogP) is -1.14. The molecule has 0 saturated heterocycles. The highest BCUT2D eigenvalue weighted by Gasteiger charge is 2.37. The van der Waals surface area contributed by atoms with Gasteiger partial charge >= 0.3 is 0 Å². The van der Waals surface area contributed by atoms with Crippen LogP contribution in [0.5, 0.6) is 0 Å². The number of aliphatic imine (C=N–C) groups is 3. The summed E-state index contributed by atoms with van der Waals surface area (Å²) in [6.07, 6.45) is 1.20. The number of rotatable bonds is 1. The minimum Gasteiger partial charge on any atom is -0.304 e. The molecule has 0 aliphatic carbocycles. The Balaban J connectivity index is 2.50. The summed E-state index contributed by atoms with van der Waals surface area (Å²) in [4.78, 5) is 22.3. The lowest BCUT2D eigenvalue weighted by Gasteiger charge is -2.22. The van der Waals surface area contributed by atoms with Crippen LogP contribution in [0.3, 0.4) is 0 Å². The summed E-state index contributed by atoms with van der Waals surface area (Å²) in [5, 5.41) is 2.23. The Morgan fingerprint density at radius 1 is 1.62 bits per heavy atom. The van der Waals surface area contributed by atoms with Gasteiger partial charge < -0.3 is 5.32 Å². The number of nitrogens with one attached hydrogen (secondary N) is 1. The number of amides is 1. The normalized spacial score (nSPS) is 31.0. The second kappa shape index (κ2) is 2.51. The van der Waals surface area contributed by atoms with Crippen molar-refractivity contribution in [3.63, 3.8) is 0 Å². The van der Waals surface area contributed by atoms with Gasteiger partial charge in [-0.2, -0.15) is 0 Å². The van der Waals surface area contributed by atoms with Gasteiger partial charge in [0.25, 0.3) is 11.4 Å². The Morgan fingerprint density at radius 3 is 3.08 bits per heavy atom. The molecular formula is C5H4N5O2P. The van der Waals surface area contributed by atoms with Crippen LogP contribution in [0, 0.1) is 0 Å². The third kappa shape index (κ3) is 1.18. The van der Waals surface area contributed by atoms with Crippen LogP contribution in [0.1, 0.15) is 0 Å². The smallest absolute Gasteiger partial charge is 0.277 e. The number of nitrogens with zero attached hydrogens (tertiary/aromatic N) is 3. The molecular weight excluding hydrogens is 193 g/mol. The molecule has 7 nitrogen and oxygen atoms in total. The van der Waals surface area contributed by atoms with Crippen molar-refractivity contribution in [3.05, 3.63) is 0 Å². The molecule has 0 spiro atoms. The molecule has 8 heteroatoms. The third-order valence-electron chi connectivity index (χ3n) is 1.51. The molecule has 1 atom stereocenters. The summed E-state index contributed by atoms with van der Waals surface area (Å²) in [5.41, 5.74) is 3.93. The number of carbonyl (C=O) groups is 1. The van der Waals surface area contributed by atoms with Crippen LogP contribution in [-0.4, -0.2) is 29.3 Å². The van der Waals surface area contributed by atoms with Crippen molar-refractivity contribution in [2.45, 2.75) is 5.53 Å². The first kappa shape index (κ1) is 8.15. The van der Waals surface area contributed by atoms with Crippen LogP contribution < -0.4 is 11.1 Å². The van der Waals surface area contributed by atoms with Gasteiger partial charge in [-0.15, -0.1) is 0 Å². The average molecular weight is 197 g/mol. The molecule has 0 bridgehead atoms. The minimum absolute atomic E-state index is 0.102. The standard InChI is InChI=1S/C5H4N5O2P/c6-5(13-12)9-3-2(4(11)10-5)7-1-8-3/h1H,6H2,(H,10,11). The molecule has 1 amide bonds. The Labute approximate surface area is 74.0 Å². The molecule has 3 N–H and O–H groups in total. The highest BCUT2D eigenvalue weighted by molar-refractivity contribution is 7.26. The molecule has 2 rings (SSSR count). The van der Waals surface area contributed by atoms with E-state index in [0.29, 0.717) is 0 Å². The van der Waals surface area contributed by atoms with Crippen molar-refractivity contribution in [1.82, 2.24) is 5.32 Å². The van der Waals surface area contributed by atoms with E-state index in [2.05, 4.69) is 20.3 Å². The van der Waals surface area contributed by atoms with E-state index in [4.69, 9.17) is 5.73 Å². The van der Waals surface area contributed by atoms with E-state index in [0.717, 1.165) is 0 Å². The van der Waals surface area contributed by atoms with Crippen molar-refractivity contribution in [3.8, 4) is 0 Å². The van der Waals surface area contributed by atoms with Crippen molar-refractivity contribution in [1.29, 1.82) is 0 Å². The fourth-order valence-corrected chi connectivity index (χ4v) is 1.24. The van der Waals surface area contributed by atoms with Gasteiger partial charge in [-0.25, -0.2) is 15.0 Å². The molecule has 0 aromatic rings. The lowest BCUT2D eigenvalue weighted by Crippen LogP contribution is -2.57. The van der Waals surface area contributed by atoms with Gasteiger partial charge in [0, 0.05) is 0 Å². The van der Waals surface area contributed by atoms with Crippen LogP contribution in [-0.2, 0) is 9.36 Å². The second-order valence-corrected chi connectivity index (χ2v) is 3.29. The first-order valence-corrected chi connectivity index (χ1v) is 4.12. The number of hydrogen-bond donors (Lipinski definition) is 2. The first-order valence-electron chi connectivity index (χ1n) is 3.31. The van der Waals surface area contributed by atoms with E-state index in [1.54, 1.807) is 0 Å². The first-order chi connectivity index (χ1) is 6.14. The van der Waals surface area contributed by atoms with Gasteiger partial charge in [-0.3, -0.25) is 15.1 Å². The highest BCUT2D eigenvalue weighted by Crippen LogP contribution is 2.19. The SMILES string of the molecule is NC1(P=O)N=C2N=CN=C2C(=O)N1. The zero-order chi connectivity index (χ0) is 9.47. The van der Waals surface area contributed by atoms with E-state index in [-0.39, 0.29) is 11.5 Å². The van der Waals surface area contributed by atoms with E-state index in [9.17, 15) is 9.36 Å². The second-order valence-electron chi connectivity index (χ2n) is 2.43. The number of fused-ring (bicyclic) bond motifs is 1. The summed E-state index contributed by atoms with van der Waals surface area (Å²) in [6.45, 7) is 0. The van der Waals surface area contributed by atoms with Crippen LogP contribution in [0.2, 0.25) is 0 Å². The molecule has 0 fully saturated rings. The minimum atomic E-state index is -1.60. The molecule has 1 unspecified atom stereocenters. The van der Waals surface area contributed by atoms with Crippen LogP contribution in [0.4, 0.5) is 0 Å². The van der Waals surface area contributed by atoms with Crippen molar-refractivity contribution < 1.29 is 9.36 Å². The fraction of sp³-hybridized carbons (Fsp3) is 0.200. The van der Waals surface area contributed by atoms with Crippen LogP contribution in [0.25, 0.3) is 0 Å². The summed E-state index contributed by atoms with van der Waals surface area (Å²) in [6, 6.07) is 0. The van der Waals surface area contributed by atoms with Gasteiger partial charge in [0.15, 0.2) is 11.5 Å². The molecule has 0 radical (unpaired) electrons. The summed E-state index contributed by atoms with van der Waals surface area (Å²) in [7, 11) is -0.494. The van der Waals surface area contributed by atoms with Gasteiger partial charge in [0.05, 0.1) is 0 Å². The summed E-state index contributed by atoms with van der Waals surface area (Å²) >= 11 is 0. The van der Waals surface area contributed by atoms with Crippen molar-refractivity contribution in [2.75, 3.05) is 0 Å². The van der Waals surface area contributed by atoms with Crippen LogP contribution >= 0.6 is 8.46 Å². The van der Waals surface area contributed by atoms with Gasteiger partial charge in [0.1, 0.15) is 6.34 Å². The van der Waals surface area contributed by atoms with E-state index < -0.39 is 19.9 Å². The number of nitrogens with two attached hydrogens (primary N) is 1. The molecule has 66 valence electrons. The quantitative estimate of drug-likeness (QED) is 0.518. The molecule has 0 saturated carbocycles. The summed E-state index contributed by atoms with van der Waals surface area (Å²) in [5.74, 6) is -0.400. The molecule has 2 aliphatic rings. The number of carbonyl (C=O) groups excluding carboxylic acids is 1. The maximum absolute atomic E-state index is 11.2. The molecule has 2 heterocycles. The zero-order valence-corrected chi connectivity index (χ0v) is 7.15. The topological polar surface area (TPSA) is 109 Å². The maximum Gasteiger partial charge on any atom is 0.277 e. The van der Waals surface area contributed by atoms with Crippen molar-refractivity contribution in [2.24, 2.45) is 20.7 Å². The van der Waals surface area contributed by atoms with E-state index in [1.165, 1.54) is 6.34 Å². The molecule has 13 heavy (non-hydrogen) atoms. The highest BCUT2D eigenvalue weighted by atomic mass is 31.1. The Bertz CT molecular complexity index is 386. The Hall–Kier alpha value is -1.46. The van der Waals surface area contributed by atoms with Crippen LogP contribution in [0.15, 0.2) is 15.0 Å². The van der Waals surface area contributed by atoms with Gasteiger partial charge in [-0.05, 0) is 0 Å². The Morgan fingerprint density at radius 2 is 2.38 bits per heavy atom. The monoisotopic (exact) mass is 197 g/mol.